The highest BCUT2D eigenvalue weighted by Crippen LogP contribution is 2.29. The zero-order chi connectivity index (χ0) is 28.4. The van der Waals surface area contributed by atoms with E-state index in [0.717, 1.165) is 39.4 Å². The van der Waals surface area contributed by atoms with Crippen molar-refractivity contribution in [2.75, 3.05) is 12.9 Å². The highest BCUT2D eigenvalue weighted by Gasteiger charge is 2.17. The van der Waals surface area contributed by atoms with Gasteiger partial charge < -0.3 is 9.47 Å². The number of hydrogen-bond acceptors (Lipinski definition) is 7. The Bertz CT molecular complexity index is 1600. The lowest BCUT2D eigenvalue weighted by Crippen LogP contribution is -2.20. The van der Waals surface area contributed by atoms with E-state index in [2.05, 4.69) is 20.7 Å². The van der Waals surface area contributed by atoms with E-state index in [1.54, 1.807) is 13.3 Å². The number of amides is 1. The molecule has 0 aliphatic heterocycles. The number of aromatic nitrogens is 3. The van der Waals surface area contributed by atoms with Crippen LogP contribution < -0.4 is 14.9 Å². The van der Waals surface area contributed by atoms with Crippen LogP contribution in [0.25, 0.3) is 17.1 Å². The predicted molar refractivity (Wildman–Crippen MR) is 162 cm³/mol. The van der Waals surface area contributed by atoms with Crippen LogP contribution in [-0.4, -0.2) is 39.7 Å². The number of ether oxygens (including phenoxy) is 2. The first kappa shape index (κ1) is 27.7. The molecule has 9 heteroatoms. The Morgan fingerprint density at radius 1 is 0.902 bits per heavy atom. The zero-order valence-electron chi connectivity index (χ0n) is 22.7. The fourth-order valence-electron chi connectivity index (χ4n) is 3.95. The summed E-state index contributed by atoms with van der Waals surface area (Å²) in [4.78, 5) is 12.6. The number of aryl methyl sites for hydroxylation is 1. The van der Waals surface area contributed by atoms with Crippen molar-refractivity contribution >= 4 is 23.9 Å². The van der Waals surface area contributed by atoms with E-state index in [9.17, 15) is 4.79 Å². The molecule has 5 aromatic rings. The minimum Gasteiger partial charge on any atom is -0.497 e. The third-order valence-corrected chi connectivity index (χ3v) is 7.07. The average Bonchev–Trinajstić information content (AvgIpc) is 3.44. The number of hydrogen-bond donors (Lipinski definition) is 1. The Labute approximate surface area is 243 Å². The summed E-state index contributed by atoms with van der Waals surface area (Å²) >= 11 is 1.29. The fourth-order valence-corrected chi connectivity index (χ4v) is 4.69. The molecule has 1 amide bonds. The Balaban J connectivity index is 1.20. The number of carbonyl (C=O) groups is 1. The second kappa shape index (κ2) is 13.5. The summed E-state index contributed by atoms with van der Waals surface area (Å²) in [6, 6.07) is 33.2. The minimum atomic E-state index is -0.251. The monoisotopic (exact) mass is 563 g/mol. The van der Waals surface area contributed by atoms with Crippen molar-refractivity contribution in [3.8, 4) is 28.6 Å². The first-order valence-electron chi connectivity index (χ1n) is 13.0. The molecular weight excluding hydrogens is 534 g/mol. The third-order valence-electron chi connectivity index (χ3n) is 6.14. The number of nitrogens with one attached hydrogen (secondary N) is 1. The van der Waals surface area contributed by atoms with Crippen LogP contribution >= 0.6 is 11.8 Å². The van der Waals surface area contributed by atoms with Crippen LogP contribution in [0.5, 0.6) is 11.5 Å². The normalized spacial score (nSPS) is 11.0. The molecular formula is C32H29N5O3S. The molecule has 1 aromatic heterocycles. The Morgan fingerprint density at radius 3 is 2.32 bits per heavy atom. The van der Waals surface area contributed by atoms with Gasteiger partial charge in [0.2, 0.25) is 0 Å². The summed E-state index contributed by atoms with van der Waals surface area (Å²) in [5.41, 5.74) is 7.47. The molecule has 41 heavy (non-hydrogen) atoms. The van der Waals surface area contributed by atoms with Gasteiger partial charge in [0.25, 0.3) is 5.91 Å². The van der Waals surface area contributed by atoms with Crippen molar-refractivity contribution in [1.29, 1.82) is 0 Å². The topological polar surface area (TPSA) is 90.6 Å². The predicted octanol–water partition coefficient (Wildman–Crippen LogP) is 6.07. The molecule has 4 aromatic carbocycles. The van der Waals surface area contributed by atoms with Crippen molar-refractivity contribution in [3.63, 3.8) is 0 Å². The molecule has 0 spiro atoms. The van der Waals surface area contributed by atoms with Crippen molar-refractivity contribution in [2.24, 2.45) is 5.10 Å². The summed E-state index contributed by atoms with van der Waals surface area (Å²) in [7, 11) is 1.63. The van der Waals surface area contributed by atoms with Gasteiger partial charge in [-0.1, -0.05) is 59.8 Å². The van der Waals surface area contributed by atoms with Gasteiger partial charge in [0.15, 0.2) is 11.0 Å². The summed E-state index contributed by atoms with van der Waals surface area (Å²) in [5, 5.41) is 13.5. The van der Waals surface area contributed by atoms with E-state index < -0.39 is 0 Å². The van der Waals surface area contributed by atoms with Gasteiger partial charge in [-0.15, -0.1) is 10.2 Å². The quantitative estimate of drug-likeness (QED) is 0.119. The largest absolute Gasteiger partial charge is 0.497 e. The lowest BCUT2D eigenvalue weighted by molar-refractivity contribution is -0.118. The number of carbonyl (C=O) groups excluding carboxylic acids is 1. The summed E-state index contributed by atoms with van der Waals surface area (Å²) in [6.07, 6.45) is 1.60. The maximum atomic E-state index is 12.6. The van der Waals surface area contributed by atoms with E-state index in [-0.39, 0.29) is 11.7 Å². The van der Waals surface area contributed by atoms with Crippen molar-refractivity contribution < 1.29 is 14.3 Å². The highest BCUT2D eigenvalue weighted by molar-refractivity contribution is 7.99. The van der Waals surface area contributed by atoms with Crippen LogP contribution in [0.1, 0.15) is 16.7 Å². The van der Waals surface area contributed by atoms with Gasteiger partial charge in [-0.2, -0.15) is 5.10 Å². The van der Waals surface area contributed by atoms with E-state index in [0.29, 0.717) is 17.6 Å². The summed E-state index contributed by atoms with van der Waals surface area (Å²) < 4.78 is 13.0. The molecule has 1 heterocycles. The fraction of sp³-hybridized carbons (Fsp3) is 0.125. The van der Waals surface area contributed by atoms with E-state index in [1.165, 1.54) is 11.8 Å². The number of methoxy groups -OCH3 is 1. The summed E-state index contributed by atoms with van der Waals surface area (Å²) in [6.45, 7) is 2.54. The van der Waals surface area contributed by atoms with Crippen LogP contribution in [0, 0.1) is 6.92 Å². The van der Waals surface area contributed by atoms with Crippen LogP contribution in [0.3, 0.4) is 0 Å². The van der Waals surface area contributed by atoms with Crippen LogP contribution in [-0.2, 0) is 11.4 Å². The molecule has 0 saturated heterocycles. The van der Waals surface area contributed by atoms with Gasteiger partial charge in [-0.05, 0) is 78.7 Å². The second-order valence-electron chi connectivity index (χ2n) is 9.13. The summed E-state index contributed by atoms with van der Waals surface area (Å²) in [5.74, 6) is 2.07. The Hall–Kier alpha value is -4.89. The number of thioether (sulfide) groups is 1. The van der Waals surface area contributed by atoms with Crippen molar-refractivity contribution in [3.05, 3.63) is 120 Å². The van der Waals surface area contributed by atoms with Gasteiger partial charge in [0.1, 0.15) is 18.1 Å². The van der Waals surface area contributed by atoms with E-state index in [4.69, 9.17) is 9.47 Å². The third kappa shape index (κ3) is 7.40. The number of rotatable bonds is 11. The van der Waals surface area contributed by atoms with Gasteiger partial charge in [0.05, 0.1) is 19.1 Å². The van der Waals surface area contributed by atoms with Gasteiger partial charge in [0, 0.05) is 11.3 Å². The number of hydrazone groups is 1. The van der Waals surface area contributed by atoms with Crippen LogP contribution in [0.15, 0.2) is 113 Å². The molecule has 206 valence electrons. The van der Waals surface area contributed by atoms with E-state index >= 15 is 0 Å². The molecule has 0 radical (unpaired) electrons. The average molecular weight is 564 g/mol. The van der Waals surface area contributed by atoms with E-state index in [1.807, 2.05) is 115 Å². The molecule has 0 saturated carbocycles. The first-order valence-corrected chi connectivity index (χ1v) is 14.0. The van der Waals surface area contributed by atoms with Crippen LogP contribution in [0.2, 0.25) is 0 Å². The standard InChI is InChI=1S/C32H29N5O3S/c1-23-8-14-27(15-9-23)37-31(26-12-18-28(39-2)19-13-26)35-36-32(37)41-22-30(38)34-33-20-24-10-16-29(17-11-24)40-21-25-6-4-3-5-7-25/h3-20H,21-22H2,1-2H3,(H,34,38)/b33-20+. The van der Waals surface area contributed by atoms with Gasteiger partial charge in [-0.25, -0.2) is 5.43 Å². The molecule has 8 nitrogen and oxygen atoms in total. The highest BCUT2D eigenvalue weighted by atomic mass is 32.2. The Kier molecular flexibility index (Phi) is 9.08. The molecule has 0 fully saturated rings. The molecule has 1 N–H and O–H groups in total. The molecule has 0 aliphatic carbocycles. The van der Waals surface area contributed by atoms with Crippen molar-refractivity contribution in [2.45, 2.75) is 18.7 Å². The Morgan fingerprint density at radius 2 is 1.61 bits per heavy atom. The smallest absolute Gasteiger partial charge is 0.250 e. The van der Waals surface area contributed by atoms with Crippen LogP contribution in [0.4, 0.5) is 0 Å². The minimum absolute atomic E-state index is 0.121. The van der Waals surface area contributed by atoms with Gasteiger partial charge >= 0.3 is 0 Å². The zero-order valence-corrected chi connectivity index (χ0v) is 23.5. The second-order valence-corrected chi connectivity index (χ2v) is 10.1. The molecule has 0 bridgehead atoms. The number of nitrogens with zero attached hydrogens (tertiary/aromatic N) is 4. The first-order chi connectivity index (χ1) is 20.1. The number of benzene rings is 4. The molecule has 0 unspecified atom stereocenters. The molecule has 0 aliphatic rings. The molecule has 0 atom stereocenters. The SMILES string of the molecule is COc1ccc(-c2nnc(SCC(=O)N/N=C/c3ccc(OCc4ccccc4)cc3)n2-c2ccc(C)cc2)cc1. The van der Waals surface area contributed by atoms with Crippen molar-refractivity contribution in [1.82, 2.24) is 20.2 Å². The van der Waals surface area contributed by atoms with Gasteiger partial charge in [-0.3, -0.25) is 9.36 Å². The lowest BCUT2D eigenvalue weighted by atomic mass is 10.2. The maximum Gasteiger partial charge on any atom is 0.250 e. The molecule has 5 rings (SSSR count). The maximum absolute atomic E-state index is 12.6. The lowest BCUT2D eigenvalue weighted by Gasteiger charge is -2.11.